The molecule has 1 N–H and O–H groups in total. The number of nitriles is 1. The van der Waals surface area contributed by atoms with Gasteiger partial charge in [-0.3, -0.25) is 4.79 Å². The van der Waals surface area contributed by atoms with E-state index >= 15 is 0 Å². The lowest BCUT2D eigenvalue weighted by Gasteiger charge is -2.10. The Balaban J connectivity index is 1.95. The summed E-state index contributed by atoms with van der Waals surface area (Å²) in [6, 6.07) is 15.0. The van der Waals surface area contributed by atoms with E-state index < -0.39 is 5.91 Å². The monoisotopic (exact) mass is 392 g/mol. The van der Waals surface area contributed by atoms with Gasteiger partial charge in [0.25, 0.3) is 5.91 Å². The number of hydrogen-bond donors (Lipinski definition) is 1. The zero-order valence-electron chi connectivity index (χ0n) is 16.8. The van der Waals surface area contributed by atoms with Crippen LogP contribution in [0.3, 0.4) is 0 Å². The maximum absolute atomic E-state index is 12.2. The zero-order chi connectivity index (χ0) is 21.1. The summed E-state index contributed by atoms with van der Waals surface area (Å²) in [6.45, 7) is 0.392. The van der Waals surface area contributed by atoms with Crippen molar-refractivity contribution in [3.05, 3.63) is 71.3 Å². The van der Waals surface area contributed by atoms with Crippen LogP contribution in [0.25, 0.3) is 6.08 Å². The first-order valence-electron chi connectivity index (χ1n) is 9.03. The number of methoxy groups -OCH3 is 3. The van der Waals surface area contributed by atoms with Gasteiger partial charge in [-0.05, 0) is 36.3 Å². The lowest BCUT2D eigenvalue weighted by Crippen LogP contribution is -2.26. The Kier molecular flexibility index (Phi) is 8.33. The maximum Gasteiger partial charge on any atom is 0.261 e. The van der Waals surface area contributed by atoms with Gasteiger partial charge in [0.15, 0.2) is 11.5 Å². The van der Waals surface area contributed by atoms with E-state index in [9.17, 15) is 10.1 Å². The highest BCUT2D eigenvalue weighted by atomic mass is 16.5. The number of para-hydroxylation sites is 1. The van der Waals surface area contributed by atoms with Crippen LogP contribution >= 0.6 is 0 Å². The first-order valence-corrected chi connectivity index (χ1v) is 9.03. The van der Waals surface area contributed by atoms with E-state index in [4.69, 9.17) is 14.2 Å². The molecule has 0 bridgehead atoms. The zero-order valence-corrected chi connectivity index (χ0v) is 16.8. The molecule has 0 radical (unpaired) electrons. The molecule has 2 rings (SSSR count). The Morgan fingerprint density at radius 3 is 2.45 bits per heavy atom. The Morgan fingerprint density at radius 1 is 1.03 bits per heavy atom. The van der Waals surface area contributed by atoms with Gasteiger partial charge >= 0.3 is 0 Å². The molecule has 150 valence electrons. The molecule has 0 aliphatic rings. The summed E-state index contributed by atoms with van der Waals surface area (Å²) in [5, 5.41) is 12.0. The van der Waals surface area contributed by atoms with Crippen molar-refractivity contribution < 1.29 is 19.0 Å². The number of benzene rings is 2. The third-order valence-electron chi connectivity index (χ3n) is 4.19. The molecule has 0 heterocycles. The van der Waals surface area contributed by atoms with Crippen LogP contribution < -0.4 is 19.5 Å². The molecule has 0 aliphatic carbocycles. The number of carbonyl (C=O) groups excluding carboxylic acids is 1. The number of nitrogens with one attached hydrogen (secondary N) is 1. The predicted molar refractivity (Wildman–Crippen MR) is 112 cm³/mol. The van der Waals surface area contributed by atoms with Crippen molar-refractivity contribution in [3.63, 3.8) is 0 Å². The minimum absolute atomic E-state index is 0.0310. The fourth-order valence-electron chi connectivity index (χ4n) is 2.67. The molecule has 0 unspecified atom stereocenters. The molecule has 0 aliphatic heterocycles. The first-order chi connectivity index (χ1) is 14.1. The second kappa shape index (κ2) is 11.2. The van der Waals surface area contributed by atoms with Gasteiger partial charge in [0.2, 0.25) is 0 Å². The Labute approximate surface area is 171 Å². The van der Waals surface area contributed by atoms with Gasteiger partial charge in [0, 0.05) is 12.1 Å². The topological polar surface area (TPSA) is 80.6 Å². The average molecular weight is 392 g/mol. The molecule has 2 aromatic carbocycles. The van der Waals surface area contributed by atoms with E-state index in [0.717, 1.165) is 16.9 Å². The average Bonchev–Trinajstić information content (AvgIpc) is 2.76. The number of carbonyl (C=O) groups is 1. The molecule has 0 atom stereocenters. The highest BCUT2D eigenvalue weighted by Gasteiger charge is 2.08. The lowest BCUT2D eigenvalue weighted by molar-refractivity contribution is -0.117. The van der Waals surface area contributed by atoms with Crippen molar-refractivity contribution in [1.82, 2.24) is 5.32 Å². The Bertz CT molecular complexity index is 942. The first kappa shape index (κ1) is 21.6. The molecule has 0 aromatic heterocycles. The van der Waals surface area contributed by atoms with Gasteiger partial charge in [0.1, 0.15) is 17.4 Å². The molecular weight excluding hydrogens is 368 g/mol. The van der Waals surface area contributed by atoms with Crippen LogP contribution in [0.15, 0.2) is 60.2 Å². The van der Waals surface area contributed by atoms with Crippen molar-refractivity contribution in [1.29, 1.82) is 5.26 Å². The van der Waals surface area contributed by atoms with Gasteiger partial charge in [-0.1, -0.05) is 36.4 Å². The number of rotatable bonds is 9. The van der Waals surface area contributed by atoms with Crippen LogP contribution in [0, 0.1) is 11.3 Å². The Morgan fingerprint density at radius 2 is 1.76 bits per heavy atom. The van der Waals surface area contributed by atoms with Gasteiger partial charge < -0.3 is 19.5 Å². The summed E-state index contributed by atoms with van der Waals surface area (Å²) >= 11 is 0. The maximum atomic E-state index is 12.2. The summed E-state index contributed by atoms with van der Waals surface area (Å²) in [7, 11) is 4.75. The minimum atomic E-state index is -0.419. The van der Waals surface area contributed by atoms with Crippen molar-refractivity contribution >= 4 is 12.0 Å². The second-order valence-corrected chi connectivity index (χ2v) is 5.99. The molecule has 2 aromatic rings. The molecular formula is C23H24N2O4. The van der Waals surface area contributed by atoms with E-state index in [-0.39, 0.29) is 5.57 Å². The highest BCUT2D eigenvalue weighted by Crippen LogP contribution is 2.27. The quantitative estimate of drug-likeness (QED) is 0.401. The molecule has 6 heteroatoms. The van der Waals surface area contributed by atoms with E-state index in [0.29, 0.717) is 24.5 Å². The number of ether oxygens (including phenoxy) is 3. The standard InChI is InChI=1S/C23H24N2O4/c1-27-20-10-5-4-7-18(20)8-6-9-19(16-24)23(26)25-14-13-17-11-12-21(28-2)22(15-17)29-3/h4-12,15H,13-14H2,1-3H3,(H,25,26)/b8-6+,19-9-. The predicted octanol–water partition coefficient (Wildman–Crippen LogP) is 3.53. The van der Waals surface area contributed by atoms with Crippen LogP contribution in [0.2, 0.25) is 0 Å². The number of nitrogens with zero attached hydrogens (tertiary/aromatic N) is 1. The van der Waals surface area contributed by atoms with Gasteiger partial charge in [-0.2, -0.15) is 5.26 Å². The van der Waals surface area contributed by atoms with E-state index in [1.807, 2.05) is 48.5 Å². The second-order valence-electron chi connectivity index (χ2n) is 5.99. The fraction of sp³-hybridized carbons (Fsp3) is 0.217. The smallest absolute Gasteiger partial charge is 0.261 e. The van der Waals surface area contributed by atoms with E-state index in [1.165, 1.54) is 6.08 Å². The summed E-state index contributed by atoms with van der Waals surface area (Å²) in [6.07, 6.45) is 5.53. The molecule has 1 amide bonds. The number of amides is 1. The van der Waals surface area contributed by atoms with E-state index in [1.54, 1.807) is 33.5 Å². The van der Waals surface area contributed by atoms with Gasteiger partial charge in [0.05, 0.1) is 21.3 Å². The molecule has 6 nitrogen and oxygen atoms in total. The normalized spacial score (nSPS) is 11.0. The van der Waals surface area contributed by atoms with Crippen molar-refractivity contribution in [3.8, 4) is 23.3 Å². The molecule has 29 heavy (non-hydrogen) atoms. The fourth-order valence-corrected chi connectivity index (χ4v) is 2.67. The summed E-state index contributed by atoms with van der Waals surface area (Å²) < 4.78 is 15.8. The third-order valence-corrected chi connectivity index (χ3v) is 4.19. The highest BCUT2D eigenvalue weighted by molar-refractivity contribution is 5.97. The van der Waals surface area contributed by atoms with Crippen LogP contribution in [-0.4, -0.2) is 33.8 Å². The lowest BCUT2D eigenvalue weighted by atomic mass is 10.1. The molecule has 0 saturated heterocycles. The van der Waals surface area contributed by atoms with E-state index in [2.05, 4.69) is 5.32 Å². The SMILES string of the molecule is COc1ccccc1/C=C/C=C(/C#N)C(=O)NCCc1ccc(OC)c(OC)c1. The van der Waals surface area contributed by atoms with Gasteiger partial charge in [-0.25, -0.2) is 0 Å². The van der Waals surface area contributed by atoms with Crippen molar-refractivity contribution in [2.45, 2.75) is 6.42 Å². The summed E-state index contributed by atoms with van der Waals surface area (Å²) in [5.74, 6) is 1.58. The minimum Gasteiger partial charge on any atom is -0.496 e. The largest absolute Gasteiger partial charge is 0.496 e. The Hall–Kier alpha value is -3.72. The summed E-state index contributed by atoms with van der Waals surface area (Å²) in [4.78, 5) is 12.2. The van der Waals surface area contributed by atoms with Gasteiger partial charge in [-0.15, -0.1) is 0 Å². The molecule has 0 saturated carbocycles. The van der Waals surface area contributed by atoms with Crippen molar-refractivity contribution in [2.75, 3.05) is 27.9 Å². The third kappa shape index (κ3) is 6.15. The molecule has 0 spiro atoms. The van der Waals surface area contributed by atoms with Crippen LogP contribution in [0.1, 0.15) is 11.1 Å². The number of hydrogen-bond acceptors (Lipinski definition) is 5. The van der Waals surface area contributed by atoms with Crippen LogP contribution in [0.4, 0.5) is 0 Å². The molecule has 0 fully saturated rings. The number of allylic oxidation sites excluding steroid dienone is 2. The summed E-state index contributed by atoms with van der Waals surface area (Å²) in [5.41, 5.74) is 1.88. The van der Waals surface area contributed by atoms with Crippen LogP contribution in [0.5, 0.6) is 17.2 Å². The van der Waals surface area contributed by atoms with Crippen LogP contribution in [-0.2, 0) is 11.2 Å². The van der Waals surface area contributed by atoms with Crippen molar-refractivity contribution in [2.24, 2.45) is 0 Å².